The minimum atomic E-state index is -3.44. The maximum atomic E-state index is 7.25. The van der Waals surface area contributed by atoms with Gasteiger partial charge < -0.3 is 0 Å². The second-order valence-electron chi connectivity index (χ2n) is 19.1. The Morgan fingerprint density at radius 3 is 1.61 bits per heavy atom. The fourth-order valence-electron chi connectivity index (χ4n) is 10.1. The van der Waals surface area contributed by atoms with E-state index >= 15 is 0 Å². The maximum absolute atomic E-state index is 7.25. The van der Waals surface area contributed by atoms with Crippen molar-refractivity contribution in [2.75, 3.05) is 0 Å². The average Bonchev–Trinajstić information content (AvgIpc) is 3.92. The molecule has 0 radical (unpaired) electrons. The van der Waals surface area contributed by atoms with Gasteiger partial charge in [-0.3, -0.25) is 0 Å². The van der Waals surface area contributed by atoms with E-state index in [9.17, 15) is 0 Å². The summed E-state index contributed by atoms with van der Waals surface area (Å²) in [6.07, 6.45) is 8.93. The van der Waals surface area contributed by atoms with Crippen LogP contribution in [0.5, 0.6) is 0 Å². The third-order valence-electron chi connectivity index (χ3n) is 12.9. The first-order chi connectivity index (χ1) is 29.8. The molecule has 0 N–H and O–H groups in total. The van der Waals surface area contributed by atoms with Gasteiger partial charge in [-0.15, -0.1) is 0 Å². The van der Waals surface area contributed by atoms with Crippen LogP contribution in [-0.2, 0) is 38.5 Å². The van der Waals surface area contributed by atoms with E-state index in [0.717, 1.165) is 33.7 Å². The van der Waals surface area contributed by atoms with Crippen molar-refractivity contribution in [1.82, 2.24) is 0 Å². The van der Waals surface area contributed by atoms with E-state index in [4.69, 9.17) is 23.2 Å². The summed E-state index contributed by atoms with van der Waals surface area (Å²) in [6.45, 7) is 14.3. The Balaban J connectivity index is 1.44. The molecular weight excluding hydrogens is 871 g/mol. The van der Waals surface area contributed by atoms with Gasteiger partial charge in [-0.1, -0.05) is 0 Å². The van der Waals surface area contributed by atoms with Gasteiger partial charge in [0.25, 0.3) is 0 Å². The number of allylic oxidation sites excluding steroid dienone is 4. The third kappa shape index (κ3) is 7.35. The Labute approximate surface area is 384 Å². The molecule has 0 amide bonds. The summed E-state index contributed by atoms with van der Waals surface area (Å²) in [5, 5.41) is 6.22. The number of benzene rings is 8. The standard InChI is InChI=1S/C33H33.C21H12Cl2.C5H5.Zr/c1-32(2,3)30-20-26-24(18-28(30)22-13-9-7-10-14-22)17-25-19-29(23-15-11-8-12-16-23)31(21-27(25)26)33(4,5)6;22-18-10-14-5-1-3-7-20(14)16(12-18)9-17-13-19(23)11-15-6-2-4-8-21(15)17;1-2-4-5-3-1;/h7-16,18,20-21H,17H2,1-6H3;1-8,10-13H;1-3H,4H2;. The van der Waals surface area contributed by atoms with Crippen LogP contribution in [0.2, 0.25) is 10.0 Å². The zero-order valence-electron chi connectivity index (χ0n) is 36.3. The Bertz CT molecular complexity index is 3100. The number of rotatable bonds is 6. The van der Waals surface area contributed by atoms with Crippen molar-refractivity contribution in [3.63, 3.8) is 0 Å². The SMILES string of the molecule is CC(C)(C)c1cc2c(cc1-c1ccccc1)Cc1c-2cc(C(C)(C)C)c(-c2ccccc2)[c]1[Zr]([C]1=CC=CC1)=[C](c1cc(Cl)cc2ccccc12)c1cc(Cl)cc2ccccc12. The van der Waals surface area contributed by atoms with Crippen molar-refractivity contribution >= 4 is 51.2 Å². The van der Waals surface area contributed by atoms with Gasteiger partial charge in [0.05, 0.1) is 0 Å². The summed E-state index contributed by atoms with van der Waals surface area (Å²) in [5.41, 5.74) is 15.9. The Hall–Kier alpha value is -4.91. The fourth-order valence-corrected chi connectivity index (χ4v) is 19.1. The molecule has 8 aromatic rings. The van der Waals surface area contributed by atoms with Crippen LogP contribution in [-0.4, -0.2) is 3.21 Å². The molecule has 0 atom stereocenters. The van der Waals surface area contributed by atoms with Crippen LogP contribution in [0.1, 0.15) is 81.3 Å². The average molecular weight is 921 g/mol. The third-order valence-corrected chi connectivity index (χ3v) is 20.9. The molecule has 304 valence electrons. The minimum absolute atomic E-state index is 0.0634. The first kappa shape index (κ1) is 41.1. The quantitative estimate of drug-likeness (QED) is 0.156. The van der Waals surface area contributed by atoms with Crippen molar-refractivity contribution in [2.45, 2.75) is 65.2 Å². The van der Waals surface area contributed by atoms with Gasteiger partial charge in [0.15, 0.2) is 0 Å². The van der Waals surface area contributed by atoms with E-state index < -0.39 is 21.3 Å². The zero-order valence-corrected chi connectivity index (χ0v) is 40.3. The number of fused-ring (bicyclic) bond motifs is 5. The van der Waals surface area contributed by atoms with Crippen LogP contribution in [0.15, 0.2) is 173 Å². The van der Waals surface area contributed by atoms with Crippen LogP contribution in [0.25, 0.3) is 54.9 Å². The monoisotopic (exact) mass is 918 g/mol. The van der Waals surface area contributed by atoms with Gasteiger partial charge in [0, 0.05) is 0 Å². The molecule has 0 heterocycles. The molecule has 10 rings (SSSR count). The first-order valence-corrected chi connectivity index (χ1v) is 26.3. The summed E-state index contributed by atoms with van der Waals surface area (Å²) in [5.74, 6) is 0. The molecule has 0 bridgehead atoms. The van der Waals surface area contributed by atoms with E-state index in [1.165, 1.54) is 80.7 Å². The van der Waals surface area contributed by atoms with Gasteiger partial charge in [-0.05, 0) is 0 Å². The van der Waals surface area contributed by atoms with Gasteiger partial charge in [-0.2, -0.15) is 0 Å². The van der Waals surface area contributed by atoms with Gasteiger partial charge in [-0.25, -0.2) is 0 Å². The summed E-state index contributed by atoms with van der Waals surface area (Å²) >= 11 is 11.1. The van der Waals surface area contributed by atoms with Crippen molar-refractivity contribution in [1.29, 1.82) is 0 Å². The Kier molecular flexibility index (Phi) is 10.6. The zero-order chi connectivity index (χ0) is 42.9. The second kappa shape index (κ2) is 16.0. The topological polar surface area (TPSA) is 0 Å². The van der Waals surface area contributed by atoms with Gasteiger partial charge in [0.1, 0.15) is 0 Å². The summed E-state index contributed by atoms with van der Waals surface area (Å²) in [7, 11) is 0. The molecule has 0 fully saturated rings. The van der Waals surface area contributed by atoms with E-state index in [2.05, 4.69) is 211 Å². The molecule has 0 unspecified atom stereocenters. The summed E-state index contributed by atoms with van der Waals surface area (Å²) in [4.78, 5) is 0. The Morgan fingerprint density at radius 2 is 1.06 bits per heavy atom. The first-order valence-electron chi connectivity index (χ1n) is 21.8. The molecule has 0 aromatic heterocycles. The predicted octanol–water partition coefficient (Wildman–Crippen LogP) is 16.2. The van der Waals surface area contributed by atoms with Gasteiger partial charge in [0.2, 0.25) is 0 Å². The van der Waals surface area contributed by atoms with Crippen molar-refractivity contribution < 1.29 is 21.3 Å². The van der Waals surface area contributed by atoms with E-state index in [1.807, 2.05) is 0 Å². The normalized spacial score (nSPS) is 13.4. The number of hydrogen-bond acceptors (Lipinski definition) is 0. The van der Waals surface area contributed by atoms with Crippen LogP contribution in [0, 0.1) is 0 Å². The molecule has 0 spiro atoms. The molecule has 0 aliphatic heterocycles. The summed E-state index contributed by atoms with van der Waals surface area (Å²) < 4.78 is 4.53. The van der Waals surface area contributed by atoms with Crippen LogP contribution in [0.3, 0.4) is 0 Å². The predicted molar refractivity (Wildman–Crippen MR) is 266 cm³/mol. The van der Waals surface area contributed by atoms with E-state index in [1.54, 1.807) is 6.55 Å². The molecule has 0 nitrogen and oxygen atoms in total. The van der Waals surface area contributed by atoms with Crippen LogP contribution >= 0.6 is 23.2 Å². The van der Waals surface area contributed by atoms with Crippen molar-refractivity contribution in [3.05, 3.63) is 217 Å². The number of halogens is 2. The molecular formula is C59H50Cl2Zr. The molecule has 8 aromatic carbocycles. The molecule has 0 saturated carbocycles. The van der Waals surface area contributed by atoms with E-state index in [-0.39, 0.29) is 10.8 Å². The van der Waals surface area contributed by atoms with Crippen LogP contribution < -0.4 is 3.27 Å². The molecule has 62 heavy (non-hydrogen) atoms. The molecule has 3 heteroatoms. The molecule has 0 saturated heterocycles. The van der Waals surface area contributed by atoms with Crippen molar-refractivity contribution in [3.8, 4) is 33.4 Å². The van der Waals surface area contributed by atoms with Crippen LogP contribution in [0.4, 0.5) is 0 Å². The Morgan fingerprint density at radius 1 is 0.532 bits per heavy atom. The number of hydrogen-bond donors (Lipinski definition) is 0. The van der Waals surface area contributed by atoms with Crippen molar-refractivity contribution in [2.24, 2.45) is 0 Å². The summed E-state index contributed by atoms with van der Waals surface area (Å²) in [6, 6.07) is 56.3. The second-order valence-corrected chi connectivity index (χ2v) is 25.8. The molecule has 2 aliphatic carbocycles. The molecule has 2 aliphatic rings. The van der Waals surface area contributed by atoms with Gasteiger partial charge >= 0.3 is 388 Å². The van der Waals surface area contributed by atoms with E-state index in [0.29, 0.717) is 0 Å². The fraction of sp³-hybridized carbons (Fsp3) is 0.169.